The fraction of sp³-hybridized carbons (Fsp3) is 0.600. The second-order valence-electron chi connectivity index (χ2n) is 5.19. The predicted octanol–water partition coefficient (Wildman–Crippen LogP) is 2.87. The summed E-state index contributed by atoms with van der Waals surface area (Å²) in [6.07, 6.45) is 3.88. The first-order valence-electron chi connectivity index (χ1n) is 7.14. The molecular weight excluding hydrogens is 256 g/mol. The Kier molecular flexibility index (Phi) is 7.01. The highest BCUT2D eigenvalue weighted by Gasteiger charge is 2.10. The third-order valence-corrected chi connectivity index (χ3v) is 3.07. The van der Waals surface area contributed by atoms with Gasteiger partial charge in [0.15, 0.2) is 0 Å². The van der Waals surface area contributed by atoms with Gasteiger partial charge in [-0.15, -0.1) is 0 Å². The average molecular weight is 280 g/mol. The summed E-state index contributed by atoms with van der Waals surface area (Å²) in [5.41, 5.74) is 1.05. The molecule has 1 aromatic heterocycles. The lowest BCUT2D eigenvalue weighted by Gasteiger charge is -2.11. The second-order valence-corrected chi connectivity index (χ2v) is 5.19. The number of nitrogens with one attached hydrogen (secondary N) is 1. The van der Waals surface area contributed by atoms with Crippen molar-refractivity contribution in [1.82, 2.24) is 4.98 Å². The Morgan fingerprint density at radius 3 is 2.55 bits per heavy atom. The number of unbranched alkanes of at least 4 members (excludes halogenated alkanes) is 3. The topological polar surface area (TPSA) is 82.5 Å². The summed E-state index contributed by atoms with van der Waals surface area (Å²) >= 11 is 0. The summed E-state index contributed by atoms with van der Waals surface area (Å²) in [5, 5.41) is 21.0. The Balaban J connectivity index is 2.58. The summed E-state index contributed by atoms with van der Waals surface area (Å²) in [5.74, 6) is -0.115. The first-order chi connectivity index (χ1) is 9.54. The molecule has 1 heterocycles. The van der Waals surface area contributed by atoms with Gasteiger partial charge in [-0.1, -0.05) is 26.7 Å². The van der Waals surface area contributed by atoms with Crippen LogP contribution in [-0.2, 0) is 0 Å². The van der Waals surface area contributed by atoms with Crippen LogP contribution in [0.25, 0.3) is 0 Å². The van der Waals surface area contributed by atoms with E-state index in [1.165, 1.54) is 0 Å². The van der Waals surface area contributed by atoms with Crippen LogP contribution >= 0.6 is 0 Å². The summed E-state index contributed by atoms with van der Waals surface area (Å²) in [4.78, 5) is 15.5. The second kappa shape index (κ2) is 8.53. The van der Waals surface area contributed by atoms with Crippen molar-refractivity contribution in [2.24, 2.45) is 0 Å². The number of carboxylic acid groups (broad SMARTS) is 1. The van der Waals surface area contributed by atoms with Crippen LogP contribution in [-0.4, -0.2) is 34.3 Å². The number of nitrogens with zero attached hydrogens (tertiary/aromatic N) is 1. The van der Waals surface area contributed by atoms with Crippen molar-refractivity contribution >= 4 is 11.8 Å². The fourth-order valence-corrected chi connectivity index (χ4v) is 1.87. The van der Waals surface area contributed by atoms with Gasteiger partial charge in [0.2, 0.25) is 0 Å². The summed E-state index contributed by atoms with van der Waals surface area (Å²) in [6.45, 7) is 4.99. The number of aliphatic hydroxyl groups excluding tert-OH is 1. The summed E-state index contributed by atoms with van der Waals surface area (Å²) < 4.78 is 0. The van der Waals surface area contributed by atoms with Crippen molar-refractivity contribution in [3.8, 4) is 0 Å². The number of hydrogen-bond acceptors (Lipinski definition) is 4. The lowest BCUT2D eigenvalue weighted by atomic mass is 10.1. The molecule has 5 heteroatoms. The van der Waals surface area contributed by atoms with Crippen LogP contribution in [0.4, 0.5) is 5.82 Å². The Morgan fingerprint density at radius 2 is 1.95 bits per heavy atom. The van der Waals surface area contributed by atoms with E-state index in [1.807, 2.05) is 13.8 Å². The van der Waals surface area contributed by atoms with Crippen molar-refractivity contribution in [3.63, 3.8) is 0 Å². The number of carbonyl (C=O) groups is 1. The Morgan fingerprint density at radius 1 is 1.25 bits per heavy atom. The molecule has 0 amide bonds. The first-order valence-corrected chi connectivity index (χ1v) is 7.14. The highest BCUT2D eigenvalue weighted by atomic mass is 16.4. The molecule has 0 saturated heterocycles. The van der Waals surface area contributed by atoms with E-state index in [0.717, 1.165) is 37.9 Å². The van der Waals surface area contributed by atoms with Gasteiger partial charge in [-0.25, -0.2) is 9.78 Å². The van der Waals surface area contributed by atoms with Crippen LogP contribution in [0.1, 0.15) is 61.5 Å². The molecule has 0 atom stereocenters. The molecule has 0 aliphatic carbocycles. The monoisotopic (exact) mass is 280 g/mol. The van der Waals surface area contributed by atoms with Gasteiger partial charge in [0, 0.05) is 18.8 Å². The Bertz CT molecular complexity index is 433. The molecule has 112 valence electrons. The van der Waals surface area contributed by atoms with Gasteiger partial charge in [-0.3, -0.25) is 0 Å². The van der Waals surface area contributed by atoms with E-state index in [-0.39, 0.29) is 18.1 Å². The van der Waals surface area contributed by atoms with Crippen molar-refractivity contribution in [2.45, 2.75) is 45.4 Å². The fourth-order valence-electron chi connectivity index (χ4n) is 1.87. The first kappa shape index (κ1) is 16.4. The number of aliphatic hydroxyl groups is 1. The largest absolute Gasteiger partial charge is 0.478 e. The molecule has 1 aromatic rings. The maximum atomic E-state index is 11.1. The minimum absolute atomic E-state index is 0.194. The molecule has 20 heavy (non-hydrogen) atoms. The highest BCUT2D eigenvalue weighted by Crippen LogP contribution is 2.17. The lowest BCUT2D eigenvalue weighted by Crippen LogP contribution is -2.08. The zero-order chi connectivity index (χ0) is 15.0. The van der Waals surface area contributed by atoms with E-state index in [9.17, 15) is 4.79 Å². The summed E-state index contributed by atoms with van der Waals surface area (Å²) in [7, 11) is 0. The molecular formula is C15H24N2O3. The number of aromatic carboxylic acids is 1. The number of aromatic nitrogens is 1. The molecule has 0 aromatic carbocycles. The average Bonchev–Trinajstić information content (AvgIpc) is 2.42. The number of pyridine rings is 1. The van der Waals surface area contributed by atoms with Crippen LogP contribution in [0.3, 0.4) is 0 Å². The van der Waals surface area contributed by atoms with Crippen LogP contribution < -0.4 is 5.32 Å². The molecule has 0 bridgehead atoms. The Labute approximate surface area is 120 Å². The van der Waals surface area contributed by atoms with Gasteiger partial charge >= 0.3 is 5.97 Å². The standard InChI is InChI=1S/C15H24N2O3/c1-11(2)13-9-12(15(19)20)10-14(17-13)16-7-5-3-4-6-8-18/h9-11,18H,3-8H2,1-2H3,(H,16,17)(H,19,20). The van der Waals surface area contributed by atoms with Crippen molar-refractivity contribution in [2.75, 3.05) is 18.5 Å². The van der Waals surface area contributed by atoms with E-state index in [1.54, 1.807) is 12.1 Å². The zero-order valence-electron chi connectivity index (χ0n) is 12.2. The molecule has 3 N–H and O–H groups in total. The molecule has 0 aliphatic rings. The molecule has 0 radical (unpaired) electrons. The smallest absolute Gasteiger partial charge is 0.335 e. The number of anilines is 1. The van der Waals surface area contributed by atoms with Crippen LogP contribution in [0.5, 0.6) is 0 Å². The minimum atomic E-state index is -0.930. The molecule has 0 aliphatic heterocycles. The Hall–Kier alpha value is -1.62. The van der Waals surface area contributed by atoms with E-state index in [2.05, 4.69) is 10.3 Å². The van der Waals surface area contributed by atoms with Crippen LogP contribution in [0, 0.1) is 0 Å². The normalized spacial score (nSPS) is 10.8. The number of carboxylic acids is 1. The SMILES string of the molecule is CC(C)c1cc(C(=O)O)cc(NCCCCCCO)n1. The van der Waals surface area contributed by atoms with Gasteiger partial charge in [0.25, 0.3) is 0 Å². The third kappa shape index (κ3) is 5.57. The van der Waals surface area contributed by atoms with Gasteiger partial charge in [0.1, 0.15) is 5.82 Å². The van der Waals surface area contributed by atoms with E-state index in [0.29, 0.717) is 5.82 Å². The van der Waals surface area contributed by atoms with Crippen LogP contribution in [0.15, 0.2) is 12.1 Å². The van der Waals surface area contributed by atoms with Gasteiger partial charge in [-0.2, -0.15) is 0 Å². The minimum Gasteiger partial charge on any atom is -0.478 e. The van der Waals surface area contributed by atoms with Crippen molar-refractivity contribution in [3.05, 3.63) is 23.4 Å². The predicted molar refractivity (Wildman–Crippen MR) is 79.3 cm³/mol. The van der Waals surface area contributed by atoms with E-state index >= 15 is 0 Å². The number of hydrogen-bond donors (Lipinski definition) is 3. The molecule has 0 spiro atoms. The van der Waals surface area contributed by atoms with Crippen molar-refractivity contribution < 1.29 is 15.0 Å². The van der Waals surface area contributed by atoms with E-state index < -0.39 is 5.97 Å². The molecule has 0 saturated carbocycles. The molecule has 5 nitrogen and oxygen atoms in total. The third-order valence-electron chi connectivity index (χ3n) is 3.07. The van der Waals surface area contributed by atoms with Gasteiger partial charge in [0.05, 0.1) is 5.56 Å². The summed E-state index contributed by atoms with van der Waals surface area (Å²) in [6, 6.07) is 3.20. The maximum absolute atomic E-state index is 11.1. The zero-order valence-corrected chi connectivity index (χ0v) is 12.2. The quantitative estimate of drug-likeness (QED) is 0.606. The highest BCUT2D eigenvalue weighted by molar-refractivity contribution is 5.88. The van der Waals surface area contributed by atoms with Crippen molar-refractivity contribution in [1.29, 1.82) is 0 Å². The lowest BCUT2D eigenvalue weighted by molar-refractivity contribution is 0.0696. The number of rotatable bonds is 9. The molecule has 1 rings (SSSR count). The van der Waals surface area contributed by atoms with Gasteiger partial charge < -0.3 is 15.5 Å². The molecule has 0 fully saturated rings. The van der Waals surface area contributed by atoms with E-state index in [4.69, 9.17) is 10.2 Å². The van der Waals surface area contributed by atoms with Crippen LogP contribution in [0.2, 0.25) is 0 Å². The molecule has 0 unspecified atom stereocenters. The van der Waals surface area contributed by atoms with Gasteiger partial charge in [-0.05, 0) is 30.9 Å². The maximum Gasteiger partial charge on any atom is 0.335 e.